The SMILES string of the molecule is COc1ccc2cc1OCCCN(C(=O)c1cccc(N)n1)CC(=O)N[C@@H](Cc1ccccc1)C(=O)NCCn1ccnc1-2. The normalized spacial score (nSPS) is 16.4. The third kappa shape index (κ3) is 7.51. The molecule has 3 amide bonds. The Labute approximate surface area is 255 Å². The number of benzene rings is 2. The molecule has 0 spiro atoms. The molecule has 3 heterocycles. The highest BCUT2D eigenvalue weighted by Gasteiger charge is 2.25. The molecular weight excluding hydrogens is 562 g/mol. The molecule has 0 aliphatic carbocycles. The van der Waals surface area contributed by atoms with Crippen molar-refractivity contribution in [1.82, 2.24) is 30.1 Å². The Bertz CT molecular complexity index is 1610. The zero-order valence-electron chi connectivity index (χ0n) is 24.4. The van der Waals surface area contributed by atoms with E-state index in [4.69, 9.17) is 15.2 Å². The minimum Gasteiger partial charge on any atom is -0.493 e. The summed E-state index contributed by atoms with van der Waals surface area (Å²) in [6, 6.07) is 18.9. The summed E-state index contributed by atoms with van der Waals surface area (Å²) in [4.78, 5) is 50.3. The predicted octanol–water partition coefficient (Wildman–Crippen LogP) is 2.30. The Kier molecular flexibility index (Phi) is 9.70. The Morgan fingerprint density at radius 3 is 2.73 bits per heavy atom. The number of carbonyl (C=O) groups is 3. The second-order valence-electron chi connectivity index (χ2n) is 10.3. The van der Waals surface area contributed by atoms with Crippen LogP contribution in [0.25, 0.3) is 11.4 Å². The molecule has 1 atom stereocenters. The number of amides is 3. The lowest BCUT2D eigenvalue weighted by Crippen LogP contribution is -2.51. The molecule has 228 valence electrons. The summed E-state index contributed by atoms with van der Waals surface area (Å²) in [5.41, 5.74) is 7.64. The van der Waals surface area contributed by atoms with Crippen LogP contribution in [-0.4, -0.2) is 76.5 Å². The number of hydrogen-bond donors (Lipinski definition) is 3. The molecule has 2 aromatic carbocycles. The van der Waals surface area contributed by atoms with Crippen molar-refractivity contribution < 1.29 is 23.9 Å². The van der Waals surface area contributed by atoms with Crippen LogP contribution in [0.15, 0.2) is 79.1 Å². The van der Waals surface area contributed by atoms with Gasteiger partial charge in [-0.15, -0.1) is 0 Å². The molecule has 1 aliphatic heterocycles. The number of nitrogen functional groups attached to an aromatic ring is 1. The van der Waals surface area contributed by atoms with Gasteiger partial charge in [-0.1, -0.05) is 36.4 Å². The second kappa shape index (κ2) is 14.2. The Morgan fingerprint density at radius 1 is 1.09 bits per heavy atom. The molecule has 0 saturated carbocycles. The molecule has 0 unspecified atom stereocenters. The monoisotopic (exact) mass is 597 g/mol. The quantitative estimate of drug-likeness (QED) is 0.324. The number of fused-ring (bicyclic) bond motifs is 4. The van der Waals surface area contributed by atoms with E-state index in [1.54, 1.807) is 31.5 Å². The molecule has 4 aromatic rings. The van der Waals surface area contributed by atoms with E-state index in [1.807, 2.05) is 59.3 Å². The van der Waals surface area contributed by atoms with Gasteiger partial charge in [-0.25, -0.2) is 9.97 Å². The van der Waals surface area contributed by atoms with Crippen LogP contribution in [0, 0.1) is 0 Å². The van der Waals surface area contributed by atoms with Crippen molar-refractivity contribution in [2.75, 3.05) is 39.1 Å². The van der Waals surface area contributed by atoms with Gasteiger partial charge in [0, 0.05) is 44.0 Å². The summed E-state index contributed by atoms with van der Waals surface area (Å²) >= 11 is 0. The number of aromatic nitrogens is 3. The van der Waals surface area contributed by atoms with Crippen LogP contribution in [0.1, 0.15) is 22.5 Å². The highest BCUT2D eigenvalue weighted by Crippen LogP contribution is 2.32. The number of pyridine rings is 1. The molecule has 0 radical (unpaired) electrons. The van der Waals surface area contributed by atoms with E-state index in [0.29, 0.717) is 36.8 Å². The largest absolute Gasteiger partial charge is 0.493 e. The van der Waals surface area contributed by atoms with Crippen LogP contribution in [0.5, 0.6) is 11.5 Å². The van der Waals surface area contributed by atoms with Gasteiger partial charge in [-0.3, -0.25) is 14.4 Å². The fourth-order valence-corrected chi connectivity index (χ4v) is 5.00. The van der Waals surface area contributed by atoms with Crippen LogP contribution >= 0.6 is 0 Å². The first-order valence-electron chi connectivity index (χ1n) is 14.4. The molecule has 0 saturated heterocycles. The smallest absolute Gasteiger partial charge is 0.273 e. The summed E-state index contributed by atoms with van der Waals surface area (Å²) in [5.74, 6) is 0.690. The highest BCUT2D eigenvalue weighted by molar-refractivity contribution is 5.96. The molecule has 2 aromatic heterocycles. The van der Waals surface area contributed by atoms with Crippen molar-refractivity contribution >= 4 is 23.5 Å². The lowest BCUT2D eigenvalue weighted by Gasteiger charge is -2.24. The van der Waals surface area contributed by atoms with Gasteiger partial charge in [-0.2, -0.15) is 0 Å². The minimum atomic E-state index is -0.860. The number of methoxy groups -OCH3 is 1. The van der Waals surface area contributed by atoms with Crippen molar-refractivity contribution in [3.63, 3.8) is 0 Å². The number of imidazole rings is 1. The second-order valence-corrected chi connectivity index (χ2v) is 10.3. The maximum Gasteiger partial charge on any atom is 0.273 e. The van der Waals surface area contributed by atoms with Crippen LogP contribution < -0.4 is 25.8 Å². The van der Waals surface area contributed by atoms with Gasteiger partial charge in [0.25, 0.3) is 5.91 Å². The van der Waals surface area contributed by atoms with Gasteiger partial charge in [0.1, 0.15) is 23.4 Å². The molecule has 12 heteroatoms. The zero-order valence-corrected chi connectivity index (χ0v) is 24.4. The maximum atomic E-state index is 13.5. The third-order valence-electron chi connectivity index (χ3n) is 7.16. The molecule has 44 heavy (non-hydrogen) atoms. The standard InChI is InChI=1S/C32H35N7O5/c1-43-26-12-11-23-20-27(26)44-18-6-15-39(32(42)24-9-5-10-28(33)36-24)21-29(40)37-25(19-22-7-3-2-4-8-22)31(41)35-14-17-38-16-13-34-30(23)38/h2-5,7-13,16,20,25H,6,14-15,17-19,21H2,1H3,(H2,33,36)(H,35,41)(H,37,40)/t25-/m0/s1. The van der Waals surface area contributed by atoms with Gasteiger partial charge in [0.2, 0.25) is 11.8 Å². The number of nitrogens with two attached hydrogens (primary N) is 1. The summed E-state index contributed by atoms with van der Waals surface area (Å²) in [5, 5.41) is 5.79. The number of rotatable bonds is 4. The zero-order chi connectivity index (χ0) is 30.9. The van der Waals surface area contributed by atoms with Gasteiger partial charge in [0.05, 0.1) is 20.3 Å². The molecule has 12 nitrogen and oxygen atoms in total. The highest BCUT2D eigenvalue weighted by atomic mass is 16.5. The summed E-state index contributed by atoms with van der Waals surface area (Å²) in [7, 11) is 1.56. The molecule has 5 rings (SSSR count). The average molecular weight is 598 g/mol. The molecule has 2 bridgehead atoms. The number of hydrogen-bond acceptors (Lipinski definition) is 8. The summed E-state index contributed by atoms with van der Waals surface area (Å²) in [6.07, 6.45) is 4.22. The lowest BCUT2D eigenvalue weighted by molar-refractivity contribution is -0.129. The van der Waals surface area contributed by atoms with Gasteiger partial charge in [-0.05, 0) is 42.3 Å². The lowest BCUT2D eigenvalue weighted by atomic mass is 10.1. The molecule has 4 N–H and O–H groups in total. The maximum absolute atomic E-state index is 13.5. The van der Waals surface area contributed by atoms with Crippen LogP contribution in [0.3, 0.4) is 0 Å². The van der Waals surface area contributed by atoms with E-state index in [1.165, 1.54) is 4.90 Å². The van der Waals surface area contributed by atoms with Gasteiger partial charge < -0.3 is 35.3 Å². The van der Waals surface area contributed by atoms with E-state index in [0.717, 1.165) is 11.1 Å². The fourth-order valence-electron chi connectivity index (χ4n) is 5.00. The first-order chi connectivity index (χ1) is 21.4. The Hall–Kier alpha value is -5.39. The van der Waals surface area contributed by atoms with Gasteiger partial charge >= 0.3 is 0 Å². The van der Waals surface area contributed by atoms with Crippen LogP contribution in [0.2, 0.25) is 0 Å². The van der Waals surface area contributed by atoms with E-state index in [9.17, 15) is 14.4 Å². The van der Waals surface area contributed by atoms with Crippen molar-refractivity contribution in [3.8, 4) is 22.9 Å². The van der Waals surface area contributed by atoms with Gasteiger partial charge in [0.15, 0.2) is 11.5 Å². The fraction of sp³-hybridized carbons (Fsp3) is 0.281. The van der Waals surface area contributed by atoms with Crippen molar-refractivity contribution in [3.05, 3.63) is 90.4 Å². The Balaban J connectivity index is 1.44. The van der Waals surface area contributed by atoms with Crippen LogP contribution in [-0.2, 0) is 22.6 Å². The number of nitrogens with one attached hydrogen (secondary N) is 2. The number of ether oxygens (including phenoxy) is 2. The number of carbonyl (C=O) groups excluding carboxylic acids is 3. The first kappa shape index (κ1) is 30.1. The van der Waals surface area contributed by atoms with Crippen LogP contribution in [0.4, 0.5) is 5.82 Å². The van der Waals surface area contributed by atoms with E-state index >= 15 is 0 Å². The molecule has 0 fully saturated rings. The minimum absolute atomic E-state index is 0.115. The third-order valence-corrected chi connectivity index (χ3v) is 7.16. The number of nitrogens with zero attached hydrogens (tertiary/aromatic N) is 4. The Morgan fingerprint density at radius 2 is 1.93 bits per heavy atom. The summed E-state index contributed by atoms with van der Waals surface area (Å²) in [6.45, 7) is 0.887. The molecule has 1 aliphatic rings. The first-order valence-corrected chi connectivity index (χ1v) is 14.4. The number of anilines is 1. The molecular formula is C32H35N7O5. The van der Waals surface area contributed by atoms with E-state index in [2.05, 4.69) is 20.6 Å². The van der Waals surface area contributed by atoms with Crippen molar-refractivity contribution in [1.29, 1.82) is 0 Å². The van der Waals surface area contributed by atoms with E-state index < -0.39 is 17.9 Å². The van der Waals surface area contributed by atoms with E-state index in [-0.39, 0.29) is 43.5 Å². The summed E-state index contributed by atoms with van der Waals surface area (Å²) < 4.78 is 13.5. The average Bonchev–Trinajstić information content (AvgIpc) is 3.50. The predicted molar refractivity (Wildman–Crippen MR) is 164 cm³/mol. The van der Waals surface area contributed by atoms with Crippen molar-refractivity contribution in [2.24, 2.45) is 0 Å². The van der Waals surface area contributed by atoms with Crippen molar-refractivity contribution in [2.45, 2.75) is 25.4 Å². The topological polar surface area (TPSA) is 154 Å².